The summed E-state index contributed by atoms with van der Waals surface area (Å²) >= 11 is 0. The van der Waals surface area contributed by atoms with Gasteiger partial charge in [0.25, 0.3) is 0 Å². The first kappa shape index (κ1) is 12.6. The predicted octanol–water partition coefficient (Wildman–Crippen LogP) is 2.45. The van der Waals surface area contributed by atoms with Crippen molar-refractivity contribution in [1.29, 1.82) is 0 Å². The number of nitrogens with one attached hydrogen (secondary N) is 2. The van der Waals surface area contributed by atoms with Gasteiger partial charge >= 0.3 is 0 Å². The van der Waals surface area contributed by atoms with Gasteiger partial charge < -0.3 is 10.6 Å². The van der Waals surface area contributed by atoms with Gasteiger partial charge in [-0.2, -0.15) is 0 Å². The summed E-state index contributed by atoms with van der Waals surface area (Å²) in [5.41, 5.74) is 5.64. The Hall–Kier alpha value is -0.860. The Kier molecular flexibility index (Phi) is 4.19. The minimum Gasteiger partial charge on any atom is -0.313 e. The molecule has 0 atom stereocenters. The van der Waals surface area contributed by atoms with E-state index in [0.29, 0.717) is 0 Å². The molecule has 2 heteroatoms. The van der Waals surface area contributed by atoms with E-state index in [4.69, 9.17) is 0 Å². The number of rotatable bonds is 6. The maximum absolute atomic E-state index is 3.52. The Morgan fingerprint density at radius 2 is 1.71 bits per heavy atom. The molecule has 2 rings (SSSR count). The van der Waals surface area contributed by atoms with E-state index >= 15 is 0 Å². The molecule has 0 radical (unpaired) electrons. The van der Waals surface area contributed by atoms with Gasteiger partial charge in [-0.05, 0) is 50.3 Å². The average molecular weight is 232 g/mol. The normalized spacial score (nSPS) is 15.2. The molecule has 1 aromatic rings. The van der Waals surface area contributed by atoms with E-state index in [1.807, 2.05) is 0 Å². The molecule has 17 heavy (non-hydrogen) atoms. The Morgan fingerprint density at radius 1 is 1.06 bits per heavy atom. The molecule has 0 aliphatic heterocycles. The van der Waals surface area contributed by atoms with E-state index in [1.54, 1.807) is 0 Å². The highest BCUT2D eigenvalue weighted by Crippen LogP contribution is 2.18. The molecular formula is C15H24N2. The Bertz CT molecular complexity index is 358. The third-order valence-electron chi connectivity index (χ3n) is 3.45. The third kappa shape index (κ3) is 3.83. The molecule has 1 saturated carbocycles. The maximum Gasteiger partial charge on any atom is 0.0211 e. The van der Waals surface area contributed by atoms with Gasteiger partial charge in [-0.15, -0.1) is 0 Å². The zero-order chi connectivity index (χ0) is 12.3. The topological polar surface area (TPSA) is 24.1 Å². The van der Waals surface area contributed by atoms with Crippen LogP contribution in [0, 0.1) is 20.8 Å². The van der Waals surface area contributed by atoms with Crippen LogP contribution in [-0.2, 0) is 6.54 Å². The van der Waals surface area contributed by atoms with Crippen LogP contribution in [0.1, 0.15) is 35.1 Å². The molecule has 2 N–H and O–H groups in total. The second-order valence-corrected chi connectivity index (χ2v) is 5.28. The molecular weight excluding hydrogens is 208 g/mol. The lowest BCUT2D eigenvalue weighted by Gasteiger charge is -2.12. The van der Waals surface area contributed by atoms with Crippen LogP contribution in [0.4, 0.5) is 0 Å². The van der Waals surface area contributed by atoms with Crippen molar-refractivity contribution in [3.8, 4) is 0 Å². The lowest BCUT2D eigenvalue weighted by molar-refractivity contribution is 0.607. The average Bonchev–Trinajstić information content (AvgIpc) is 3.04. The van der Waals surface area contributed by atoms with E-state index in [-0.39, 0.29) is 0 Å². The van der Waals surface area contributed by atoms with Gasteiger partial charge in [-0.3, -0.25) is 0 Å². The molecule has 1 aromatic carbocycles. The summed E-state index contributed by atoms with van der Waals surface area (Å²) < 4.78 is 0. The van der Waals surface area contributed by atoms with E-state index in [2.05, 4.69) is 43.5 Å². The lowest BCUT2D eigenvalue weighted by atomic mass is 10.00. The quantitative estimate of drug-likeness (QED) is 0.736. The molecule has 0 bridgehead atoms. The van der Waals surface area contributed by atoms with Crippen LogP contribution in [0.2, 0.25) is 0 Å². The molecule has 1 aliphatic carbocycles. The first-order valence-electron chi connectivity index (χ1n) is 6.67. The van der Waals surface area contributed by atoms with Crippen molar-refractivity contribution >= 4 is 0 Å². The van der Waals surface area contributed by atoms with Crippen LogP contribution in [-0.4, -0.2) is 19.1 Å². The van der Waals surface area contributed by atoms with Crippen molar-refractivity contribution < 1.29 is 0 Å². The summed E-state index contributed by atoms with van der Waals surface area (Å²) in [7, 11) is 0. The van der Waals surface area contributed by atoms with Crippen molar-refractivity contribution in [3.05, 3.63) is 34.4 Å². The zero-order valence-corrected chi connectivity index (χ0v) is 11.3. The van der Waals surface area contributed by atoms with Crippen LogP contribution in [0.25, 0.3) is 0 Å². The lowest BCUT2D eigenvalue weighted by Crippen LogP contribution is -2.28. The fraction of sp³-hybridized carbons (Fsp3) is 0.600. The fourth-order valence-corrected chi connectivity index (χ4v) is 2.35. The summed E-state index contributed by atoms with van der Waals surface area (Å²) in [4.78, 5) is 0. The Labute approximate surface area is 105 Å². The molecule has 0 saturated heterocycles. The van der Waals surface area contributed by atoms with Gasteiger partial charge in [0.2, 0.25) is 0 Å². The molecule has 2 nitrogen and oxygen atoms in total. The molecule has 0 amide bonds. The third-order valence-corrected chi connectivity index (χ3v) is 3.45. The van der Waals surface area contributed by atoms with Gasteiger partial charge in [-0.25, -0.2) is 0 Å². The minimum absolute atomic E-state index is 0.819. The molecule has 94 valence electrons. The van der Waals surface area contributed by atoms with E-state index in [0.717, 1.165) is 25.7 Å². The number of benzene rings is 1. The summed E-state index contributed by atoms with van der Waals surface area (Å²) in [5.74, 6) is 0. The summed E-state index contributed by atoms with van der Waals surface area (Å²) in [6.45, 7) is 9.72. The monoisotopic (exact) mass is 232 g/mol. The first-order valence-corrected chi connectivity index (χ1v) is 6.67. The van der Waals surface area contributed by atoms with Crippen LogP contribution in [0.5, 0.6) is 0 Å². The summed E-state index contributed by atoms with van der Waals surface area (Å²) in [6.07, 6.45) is 2.74. The highest BCUT2D eigenvalue weighted by Gasteiger charge is 2.19. The van der Waals surface area contributed by atoms with Crippen LogP contribution < -0.4 is 10.6 Å². The molecule has 1 fully saturated rings. The number of hydrogen-bond acceptors (Lipinski definition) is 2. The minimum atomic E-state index is 0.819. The number of hydrogen-bond donors (Lipinski definition) is 2. The first-order chi connectivity index (χ1) is 8.16. The highest BCUT2D eigenvalue weighted by atomic mass is 15.0. The van der Waals surface area contributed by atoms with Gasteiger partial charge in [0, 0.05) is 25.7 Å². The zero-order valence-electron chi connectivity index (χ0n) is 11.3. The largest absolute Gasteiger partial charge is 0.313 e. The van der Waals surface area contributed by atoms with Crippen molar-refractivity contribution in [1.82, 2.24) is 10.6 Å². The summed E-state index contributed by atoms with van der Waals surface area (Å²) in [6, 6.07) is 5.36. The van der Waals surface area contributed by atoms with Crippen molar-refractivity contribution in [2.24, 2.45) is 0 Å². The molecule has 0 aromatic heterocycles. The van der Waals surface area contributed by atoms with Gasteiger partial charge in [0.05, 0.1) is 0 Å². The van der Waals surface area contributed by atoms with Gasteiger partial charge in [-0.1, -0.05) is 17.7 Å². The van der Waals surface area contributed by atoms with Crippen molar-refractivity contribution in [2.75, 3.05) is 13.1 Å². The van der Waals surface area contributed by atoms with Crippen LogP contribution in [0.15, 0.2) is 12.1 Å². The standard InChI is InChI=1S/C15H24N2/c1-11-8-12(2)15(13(3)9-11)10-16-6-7-17-14-4-5-14/h8-9,14,16-17H,4-7,10H2,1-3H3. The van der Waals surface area contributed by atoms with Crippen molar-refractivity contribution in [3.63, 3.8) is 0 Å². The number of aryl methyl sites for hydroxylation is 3. The fourth-order valence-electron chi connectivity index (χ4n) is 2.35. The van der Waals surface area contributed by atoms with E-state index < -0.39 is 0 Å². The molecule has 0 unspecified atom stereocenters. The van der Waals surface area contributed by atoms with Crippen LogP contribution >= 0.6 is 0 Å². The highest BCUT2D eigenvalue weighted by molar-refractivity contribution is 5.37. The van der Waals surface area contributed by atoms with E-state index in [1.165, 1.54) is 35.1 Å². The van der Waals surface area contributed by atoms with Gasteiger partial charge in [0.1, 0.15) is 0 Å². The predicted molar refractivity (Wildman–Crippen MR) is 73.4 cm³/mol. The SMILES string of the molecule is Cc1cc(C)c(CNCCNC2CC2)c(C)c1. The Morgan fingerprint density at radius 3 is 2.29 bits per heavy atom. The van der Waals surface area contributed by atoms with Crippen molar-refractivity contribution in [2.45, 2.75) is 46.2 Å². The smallest absolute Gasteiger partial charge is 0.0211 e. The van der Waals surface area contributed by atoms with Gasteiger partial charge in [0.15, 0.2) is 0 Å². The van der Waals surface area contributed by atoms with Crippen LogP contribution in [0.3, 0.4) is 0 Å². The maximum atomic E-state index is 3.52. The summed E-state index contributed by atoms with van der Waals surface area (Å²) in [5, 5.41) is 7.04. The second-order valence-electron chi connectivity index (χ2n) is 5.28. The molecule has 0 heterocycles. The van der Waals surface area contributed by atoms with E-state index in [9.17, 15) is 0 Å². The molecule has 1 aliphatic rings. The Balaban J connectivity index is 1.77. The molecule has 0 spiro atoms. The second kappa shape index (κ2) is 5.65.